The number of hydrogen-bond donors (Lipinski definition) is 1. The number of ether oxygens (including phenoxy) is 3. The molecule has 0 spiro atoms. The average Bonchev–Trinajstić information content (AvgIpc) is 2.86. The highest BCUT2D eigenvalue weighted by molar-refractivity contribution is 7.88. The molecule has 11 heteroatoms. The van der Waals surface area contributed by atoms with Gasteiger partial charge in [0.25, 0.3) is 0 Å². The topological polar surface area (TPSA) is 114 Å². The molecule has 0 heterocycles. The summed E-state index contributed by atoms with van der Waals surface area (Å²) in [5.41, 5.74) is 1.72. The molecule has 0 bridgehead atoms. The van der Waals surface area contributed by atoms with E-state index in [2.05, 4.69) is 5.32 Å². The number of nitrogens with one attached hydrogen (secondary N) is 1. The highest BCUT2D eigenvalue weighted by Crippen LogP contribution is 2.27. The first-order valence-corrected chi connectivity index (χ1v) is 13.2. The van der Waals surface area contributed by atoms with Crippen molar-refractivity contribution < 1.29 is 32.2 Å². The molecule has 2 aromatic carbocycles. The number of benzene rings is 2. The van der Waals surface area contributed by atoms with E-state index in [9.17, 15) is 18.0 Å². The van der Waals surface area contributed by atoms with E-state index in [1.807, 2.05) is 12.1 Å². The number of amides is 2. The lowest BCUT2D eigenvalue weighted by molar-refractivity contribution is -0.140. The molecule has 36 heavy (non-hydrogen) atoms. The van der Waals surface area contributed by atoms with Gasteiger partial charge in [-0.05, 0) is 48.7 Å². The third-order valence-corrected chi connectivity index (χ3v) is 7.03. The lowest BCUT2D eigenvalue weighted by Crippen LogP contribution is -2.50. The molecule has 10 nitrogen and oxygen atoms in total. The second-order valence-electron chi connectivity index (χ2n) is 8.30. The molecule has 0 aliphatic heterocycles. The Morgan fingerprint density at radius 1 is 0.944 bits per heavy atom. The Hall–Kier alpha value is -3.31. The fraction of sp³-hybridized carbons (Fsp3) is 0.440. The summed E-state index contributed by atoms with van der Waals surface area (Å²) in [6.07, 6.45) is 1.57. The lowest BCUT2D eigenvalue weighted by Gasteiger charge is -2.30. The first-order chi connectivity index (χ1) is 17.0. The van der Waals surface area contributed by atoms with Gasteiger partial charge in [-0.15, -0.1) is 0 Å². The summed E-state index contributed by atoms with van der Waals surface area (Å²) >= 11 is 0. The highest BCUT2D eigenvalue weighted by atomic mass is 32.2. The largest absolute Gasteiger partial charge is 0.497 e. The third kappa shape index (κ3) is 8.13. The average molecular weight is 522 g/mol. The van der Waals surface area contributed by atoms with E-state index in [1.165, 1.54) is 11.9 Å². The second-order valence-corrected chi connectivity index (χ2v) is 10.4. The van der Waals surface area contributed by atoms with Crippen LogP contribution in [0.5, 0.6) is 17.2 Å². The Kier molecular flexibility index (Phi) is 10.5. The predicted molar refractivity (Wildman–Crippen MR) is 137 cm³/mol. The number of hydrogen-bond acceptors (Lipinski definition) is 7. The number of nitrogens with zero attached hydrogens (tertiary/aromatic N) is 2. The molecule has 0 radical (unpaired) electrons. The van der Waals surface area contributed by atoms with Gasteiger partial charge in [0, 0.05) is 20.1 Å². The van der Waals surface area contributed by atoms with Gasteiger partial charge in [0.05, 0.1) is 34.1 Å². The van der Waals surface area contributed by atoms with Crippen molar-refractivity contribution >= 4 is 21.8 Å². The Balaban J connectivity index is 2.11. The number of carbonyl (C=O) groups excluding carboxylic acids is 2. The van der Waals surface area contributed by atoms with Gasteiger partial charge >= 0.3 is 0 Å². The van der Waals surface area contributed by atoms with E-state index in [4.69, 9.17) is 14.2 Å². The van der Waals surface area contributed by atoms with Crippen LogP contribution < -0.4 is 19.5 Å². The van der Waals surface area contributed by atoms with Crippen molar-refractivity contribution in [3.8, 4) is 17.2 Å². The molecular formula is C25H35N3O7S. The summed E-state index contributed by atoms with van der Waals surface area (Å²) in [6.45, 7) is 1.71. The predicted octanol–water partition coefficient (Wildman–Crippen LogP) is 1.68. The van der Waals surface area contributed by atoms with Gasteiger partial charge in [-0.3, -0.25) is 9.59 Å². The number of likely N-dealkylation sites (N-methyl/N-ethyl adjacent to an activating group) is 1. The van der Waals surface area contributed by atoms with Gasteiger partial charge in [0.15, 0.2) is 11.5 Å². The van der Waals surface area contributed by atoms with Gasteiger partial charge in [-0.1, -0.05) is 18.2 Å². The zero-order valence-corrected chi connectivity index (χ0v) is 22.4. The minimum absolute atomic E-state index is 0.130. The van der Waals surface area contributed by atoms with Crippen molar-refractivity contribution in [2.75, 3.05) is 47.7 Å². The van der Waals surface area contributed by atoms with Crippen LogP contribution >= 0.6 is 0 Å². The van der Waals surface area contributed by atoms with Crippen molar-refractivity contribution in [1.82, 2.24) is 14.5 Å². The molecule has 1 atom stereocenters. The van der Waals surface area contributed by atoms with Crippen LogP contribution in [0.4, 0.5) is 0 Å². The monoisotopic (exact) mass is 521 g/mol. The van der Waals surface area contributed by atoms with E-state index in [0.717, 1.165) is 21.7 Å². The quantitative estimate of drug-likeness (QED) is 0.427. The van der Waals surface area contributed by atoms with Crippen molar-refractivity contribution in [3.05, 3.63) is 53.6 Å². The molecule has 0 aliphatic carbocycles. The molecule has 0 aliphatic rings. The van der Waals surface area contributed by atoms with Gasteiger partial charge in [0.2, 0.25) is 21.8 Å². The summed E-state index contributed by atoms with van der Waals surface area (Å²) in [5.74, 6) is 1.04. The van der Waals surface area contributed by atoms with Crippen LogP contribution in [0.2, 0.25) is 0 Å². The van der Waals surface area contributed by atoms with E-state index in [1.54, 1.807) is 58.6 Å². The minimum atomic E-state index is -3.57. The molecular weight excluding hydrogens is 486 g/mol. The zero-order valence-electron chi connectivity index (χ0n) is 21.6. The normalized spacial score (nSPS) is 12.1. The van der Waals surface area contributed by atoms with Crippen LogP contribution in [0.25, 0.3) is 0 Å². The number of carbonyl (C=O) groups is 2. The van der Waals surface area contributed by atoms with Gasteiger partial charge in [-0.2, -0.15) is 4.31 Å². The van der Waals surface area contributed by atoms with Gasteiger partial charge in [0.1, 0.15) is 11.8 Å². The molecule has 0 unspecified atom stereocenters. The van der Waals surface area contributed by atoms with Crippen LogP contribution in [0.1, 0.15) is 18.1 Å². The summed E-state index contributed by atoms with van der Waals surface area (Å²) in [7, 11) is 2.43. The Labute approximate surface area is 213 Å². The van der Waals surface area contributed by atoms with Crippen molar-refractivity contribution in [2.24, 2.45) is 0 Å². The van der Waals surface area contributed by atoms with E-state index >= 15 is 0 Å². The van der Waals surface area contributed by atoms with E-state index in [-0.39, 0.29) is 19.0 Å². The van der Waals surface area contributed by atoms with Crippen LogP contribution in [-0.4, -0.2) is 83.2 Å². The third-order valence-electron chi connectivity index (χ3n) is 5.76. The molecule has 0 saturated heterocycles. The van der Waals surface area contributed by atoms with Crippen molar-refractivity contribution in [2.45, 2.75) is 25.9 Å². The van der Waals surface area contributed by atoms with Gasteiger partial charge in [-0.25, -0.2) is 8.42 Å². The van der Waals surface area contributed by atoms with Crippen LogP contribution in [0, 0.1) is 0 Å². The summed E-state index contributed by atoms with van der Waals surface area (Å²) in [4.78, 5) is 27.4. The maximum Gasteiger partial charge on any atom is 0.242 e. The first kappa shape index (κ1) is 28.9. The molecule has 0 aromatic heterocycles. The van der Waals surface area contributed by atoms with Crippen LogP contribution in [0.3, 0.4) is 0 Å². The molecule has 0 fully saturated rings. The lowest BCUT2D eigenvalue weighted by atomic mass is 10.1. The maximum absolute atomic E-state index is 13.1. The second kappa shape index (κ2) is 13.1. The van der Waals surface area contributed by atoms with E-state index < -0.39 is 22.0 Å². The molecule has 2 amide bonds. The highest BCUT2D eigenvalue weighted by Gasteiger charge is 2.28. The zero-order chi connectivity index (χ0) is 26.9. The number of sulfonamides is 1. The van der Waals surface area contributed by atoms with Crippen molar-refractivity contribution in [3.63, 3.8) is 0 Å². The Morgan fingerprint density at radius 2 is 1.56 bits per heavy atom. The summed E-state index contributed by atoms with van der Waals surface area (Å²) in [6, 6.07) is 11.8. The maximum atomic E-state index is 13.1. The molecule has 0 saturated carbocycles. The smallest absolute Gasteiger partial charge is 0.242 e. The SMILES string of the molecule is COc1ccc(CN(C(=O)CN(C)S(C)(=O)=O)[C@@H](C)C(=O)NCCc2ccc(OC)c(OC)c2)cc1. The first-order valence-electron chi connectivity index (χ1n) is 11.3. The van der Waals surface area contributed by atoms with Crippen LogP contribution in [-0.2, 0) is 32.6 Å². The molecule has 2 aromatic rings. The fourth-order valence-electron chi connectivity index (χ4n) is 3.42. The number of rotatable bonds is 13. The fourth-order valence-corrected chi connectivity index (χ4v) is 3.77. The standard InChI is InChI=1S/C25H35N3O7S/c1-18(25(30)26-14-13-19-9-12-22(34-4)23(15-19)35-5)28(24(29)17-27(2)36(6,31)32)16-20-7-10-21(33-3)11-8-20/h7-12,15,18H,13-14,16-17H2,1-6H3,(H,26,30)/t18-/m0/s1. The molecule has 198 valence electrons. The summed E-state index contributed by atoms with van der Waals surface area (Å²) in [5, 5.41) is 2.86. The Bertz CT molecular complexity index is 1140. The minimum Gasteiger partial charge on any atom is -0.497 e. The summed E-state index contributed by atoms with van der Waals surface area (Å²) < 4.78 is 40.3. The number of methoxy groups -OCH3 is 3. The Morgan fingerprint density at radius 3 is 2.11 bits per heavy atom. The van der Waals surface area contributed by atoms with Crippen LogP contribution in [0.15, 0.2) is 42.5 Å². The van der Waals surface area contributed by atoms with Crippen molar-refractivity contribution in [1.29, 1.82) is 0 Å². The van der Waals surface area contributed by atoms with Gasteiger partial charge < -0.3 is 24.4 Å². The van der Waals surface area contributed by atoms with E-state index in [0.29, 0.717) is 30.2 Å². The molecule has 2 rings (SSSR count). The molecule has 1 N–H and O–H groups in total.